The molecule has 1 aromatic heterocycles. The summed E-state index contributed by atoms with van der Waals surface area (Å²) in [6.45, 7) is 7.86. The number of nitrogens with zero attached hydrogens (tertiary/aromatic N) is 3. The third-order valence-corrected chi connectivity index (χ3v) is 4.90. The van der Waals surface area contributed by atoms with Gasteiger partial charge >= 0.3 is 0 Å². The van der Waals surface area contributed by atoms with Gasteiger partial charge in [-0.05, 0) is 25.0 Å². The molecule has 27 heavy (non-hydrogen) atoms. The van der Waals surface area contributed by atoms with E-state index in [1.54, 1.807) is 6.26 Å². The highest BCUT2D eigenvalue weighted by Gasteiger charge is 2.17. The summed E-state index contributed by atoms with van der Waals surface area (Å²) in [5.74, 6) is 1.72. The summed E-state index contributed by atoms with van der Waals surface area (Å²) in [4.78, 5) is 21.0. The second-order valence-corrected chi connectivity index (χ2v) is 6.89. The van der Waals surface area contributed by atoms with Crippen molar-refractivity contribution in [3.63, 3.8) is 0 Å². The second-order valence-electron chi connectivity index (χ2n) is 6.89. The van der Waals surface area contributed by atoms with Gasteiger partial charge in [-0.3, -0.25) is 9.69 Å². The van der Waals surface area contributed by atoms with Crippen LogP contribution in [0.25, 0.3) is 0 Å². The number of nitrogens with one attached hydrogen (secondary N) is 2. The molecule has 1 amide bonds. The molecule has 0 saturated carbocycles. The van der Waals surface area contributed by atoms with E-state index in [4.69, 9.17) is 9.15 Å². The number of hydrogen-bond acceptors (Lipinski definition) is 5. The van der Waals surface area contributed by atoms with Crippen molar-refractivity contribution < 1.29 is 13.9 Å². The summed E-state index contributed by atoms with van der Waals surface area (Å²) < 4.78 is 10.7. The fourth-order valence-corrected chi connectivity index (χ4v) is 3.30. The number of rotatable bonds is 8. The Morgan fingerprint density at radius 3 is 2.63 bits per heavy atom. The number of likely N-dealkylation sites (tertiary alicyclic amines) is 1. The number of hydrogen-bond donors (Lipinski definition) is 2. The fourth-order valence-electron chi connectivity index (χ4n) is 3.30. The Kier molecular flexibility index (Phi) is 7.98. The maximum Gasteiger partial charge on any atom is 0.244 e. The van der Waals surface area contributed by atoms with Gasteiger partial charge in [-0.1, -0.05) is 0 Å². The van der Waals surface area contributed by atoms with Gasteiger partial charge < -0.3 is 24.7 Å². The molecule has 0 unspecified atom stereocenters. The van der Waals surface area contributed by atoms with Gasteiger partial charge in [-0.2, -0.15) is 0 Å². The largest absolute Gasteiger partial charge is 0.469 e. The van der Waals surface area contributed by atoms with Crippen LogP contribution in [0.1, 0.15) is 18.6 Å². The molecule has 0 aliphatic carbocycles. The number of amides is 1. The Hall–Kier alpha value is -2.06. The molecule has 3 heterocycles. The molecule has 8 nitrogen and oxygen atoms in total. The zero-order valence-electron chi connectivity index (χ0n) is 16.0. The fraction of sp³-hybridized carbons (Fsp3) is 0.684. The maximum absolute atomic E-state index is 12.3. The molecule has 2 aliphatic heterocycles. The molecule has 0 bridgehead atoms. The van der Waals surface area contributed by atoms with Gasteiger partial charge in [0.25, 0.3) is 0 Å². The minimum Gasteiger partial charge on any atom is -0.469 e. The molecule has 2 fully saturated rings. The minimum atomic E-state index is 0.104. The predicted molar refractivity (Wildman–Crippen MR) is 104 cm³/mol. The first kappa shape index (κ1) is 19.7. The third kappa shape index (κ3) is 6.88. The number of furan rings is 1. The average molecular weight is 377 g/mol. The Labute approximate surface area is 160 Å². The van der Waals surface area contributed by atoms with E-state index in [1.807, 2.05) is 17.0 Å². The molecule has 3 rings (SSSR count). The highest BCUT2D eigenvalue weighted by atomic mass is 16.5. The van der Waals surface area contributed by atoms with Crippen LogP contribution in [0.15, 0.2) is 27.8 Å². The van der Waals surface area contributed by atoms with Crippen molar-refractivity contribution in [1.82, 2.24) is 20.4 Å². The van der Waals surface area contributed by atoms with Crippen molar-refractivity contribution >= 4 is 11.9 Å². The van der Waals surface area contributed by atoms with Crippen LogP contribution < -0.4 is 10.6 Å². The van der Waals surface area contributed by atoms with Crippen molar-refractivity contribution in [2.45, 2.75) is 19.3 Å². The van der Waals surface area contributed by atoms with Crippen LogP contribution in [-0.4, -0.2) is 87.2 Å². The van der Waals surface area contributed by atoms with Crippen LogP contribution in [0.2, 0.25) is 0 Å². The van der Waals surface area contributed by atoms with E-state index in [2.05, 4.69) is 20.5 Å². The molecule has 8 heteroatoms. The molecule has 150 valence electrons. The predicted octanol–water partition coefficient (Wildman–Crippen LogP) is 0.312. The highest BCUT2D eigenvalue weighted by molar-refractivity contribution is 5.85. The molecular formula is C19H31N5O3. The number of morpholine rings is 1. The quantitative estimate of drug-likeness (QED) is 0.501. The zero-order chi connectivity index (χ0) is 18.7. The van der Waals surface area contributed by atoms with E-state index >= 15 is 0 Å². The van der Waals surface area contributed by atoms with E-state index in [0.717, 1.165) is 77.5 Å². The summed E-state index contributed by atoms with van der Waals surface area (Å²) >= 11 is 0. The first-order chi connectivity index (χ1) is 13.3. The summed E-state index contributed by atoms with van der Waals surface area (Å²) in [6, 6.07) is 3.85. The summed E-state index contributed by atoms with van der Waals surface area (Å²) in [7, 11) is 0. The van der Waals surface area contributed by atoms with Gasteiger partial charge in [-0.15, -0.1) is 0 Å². The van der Waals surface area contributed by atoms with Crippen LogP contribution in [0.3, 0.4) is 0 Å². The lowest BCUT2D eigenvalue weighted by atomic mass is 10.3. The van der Waals surface area contributed by atoms with Gasteiger partial charge in [-0.25, -0.2) is 4.99 Å². The van der Waals surface area contributed by atoms with Crippen molar-refractivity contribution in [2.24, 2.45) is 4.99 Å². The van der Waals surface area contributed by atoms with Gasteiger partial charge in [0.05, 0.1) is 19.5 Å². The van der Waals surface area contributed by atoms with Crippen molar-refractivity contribution in [1.29, 1.82) is 0 Å². The van der Waals surface area contributed by atoms with Gasteiger partial charge in [0.15, 0.2) is 5.96 Å². The molecule has 0 aromatic carbocycles. The van der Waals surface area contributed by atoms with E-state index in [0.29, 0.717) is 12.5 Å². The number of carbonyl (C=O) groups is 1. The highest BCUT2D eigenvalue weighted by Crippen LogP contribution is 2.07. The smallest absolute Gasteiger partial charge is 0.244 e. The molecule has 0 radical (unpaired) electrons. The molecular weight excluding hydrogens is 346 g/mol. The van der Waals surface area contributed by atoms with E-state index in [9.17, 15) is 4.79 Å². The lowest BCUT2D eigenvalue weighted by Crippen LogP contribution is -2.45. The van der Waals surface area contributed by atoms with E-state index in [-0.39, 0.29) is 12.5 Å². The van der Waals surface area contributed by atoms with Gasteiger partial charge in [0.1, 0.15) is 12.3 Å². The first-order valence-corrected chi connectivity index (χ1v) is 9.94. The number of aliphatic imine (C=N–C) groups is 1. The molecule has 0 atom stereocenters. The molecule has 1 aromatic rings. The van der Waals surface area contributed by atoms with Crippen LogP contribution in [-0.2, 0) is 16.0 Å². The molecule has 0 spiro atoms. The van der Waals surface area contributed by atoms with Gasteiger partial charge in [0, 0.05) is 52.2 Å². The topological polar surface area (TPSA) is 82.3 Å². The van der Waals surface area contributed by atoms with Crippen molar-refractivity contribution in [2.75, 3.05) is 65.6 Å². The van der Waals surface area contributed by atoms with Crippen LogP contribution >= 0.6 is 0 Å². The summed E-state index contributed by atoms with van der Waals surface area (Å²) in [5, 5.41) is 6.65. The van der Waals surface area contributed by atoms with Crippen LogP contribution in [0.5, 0.6) is 0 Å². The Morgan fingerprint density at radius 2 is 1.89 bits per heavy atom. The lowest BCUT2D eigenvalue weighted by Gasteiger charge is -2.26. The Morgan fingerprint density at radius 1 is 1.11 bits per heavy atom. The van der Waals surface area contributed by atoms with E-state index in [1.165, 1.54) is 0 Å². The molecule has 2 aliphatic rings. The monoisotopic (exact) mass is 377 g/mol. The van der Waals surface area contributed by atoms with Crippen molar-refractivity contribution in [3.05, 3.63) is 24.2 Å². The number of carbonyl (C=O) groups excluding carboxylic acids is 1. The zero-order valence-corrected chi connectivity index (χ0v) is 16.0. The molecule has 2 saturated heterocycles. The summed E-state index contributed by atoms with van der Waals surface area (Å²) in [5.41, 5.74) is 0. The normalized spacial score (nSPS) is 18.7. The average Bonchev–Trinajstić information content (AvgIpc) is 3.40. The minimum absolute atomic E-state index is 0.104. The molecule has 2 N–H and O–H groups in total. The SMILES string of the molecule is O=C(CN=C(NCCc1ccco1)NCCN1CCOCC1)N1CCCC1. The Balaban J connectivity index is 1.45. The first-order valence-electron chi connectivity index (χ1n) is 9.94. The summed E-state index contributed by atoms with van der Waals surface area (Å²) in [6.07, 6.45) is 4.65. The second kappa shape index (κ2) is 10.9. The van der Waals surface area contributed by atoms with Crippen molar-refractivity contribution in [3.8, 4) is 0 Å². The Bertz CT molecular complexity index is 578. The van der Waals surface area contributed by atoms with E-state index < -0.39 is 0 Å². The lowest BCUT2D eigenvalue weighted by molar-refractivity contribution is -0.128. The van der Waals surface area contributed by atoms with Crippen LogP contribution in [0.4, 0.5) is 0 Å². The maximum atomic E-state index is 12.3. The number of ether oxygens (including phenoxy) is 1. The number of guanidine groups is 1. The standard InChI is InChI=1S/C19H31N5O3/c25-18(24-8-1-2-9-24)16-22-19(20-6-5-17-4-3-13-27-17)21-7-10-23-11-14-26-15-12-23/h3-4,13H,1-2,5-12,14-16H2,(H2,20,21,22). The third-order valence-electron chi connectivity index (χ3n) is 4.90. The van der Waals surface area contributed by atoms with Gasteiger partial charge in [0.2, 0.25) is 5.91 Å². The van der Waals surface area contributed by atoms with Crippen LogP contribution in [0, 0.1) is 0 Å².